The van der Waals surface area contributed by atoms with Gasteiger partial charge in [0.25, 0.3) is 5.91 Å². The van der Waals surface area contributed by atoms with Crippen LogP contribution in [0.1, 0.15) is 48.3 Å². The second kappa shape index (κ2) is 6.22. The van der Waals surface area contributed by atoms with Gasteiger partial charge in [-0.15, -0.1) is 11.3 Å². The molecule has 1 aromatic rings. The predicted molar refractivity (Wildman–Crippen MR) is 79.9 cm³/mol. The number of piperidine rings is 1. The summed E-state index contributed by atoms with van der Waals surface area (Å²) in [7, 11) is 0. The average molecular weight is 293 g/mol. The van der Waals surface area contributed by atoms with Gasteiger partial charge < -0.3 is 10.0 Å². The van der Waals surface area contributed by atoms with Crippen LogP contribution in [0, 0.1) is 0 Å². The number of amides is 1. The smallest absolute Gasteiger partial charge is 0.328 e. The SMILES string of the molecule is CC1CCCC(C)N1C(=O)c1csc(C=CC(=O)O)c1. The number of hydrogen-bond donors (Lipinski definition) is 1. The van der Waals surface area contributed by atoms with E-state index in [0.29, 0.717) is 5.56 Å². The van der Waals surface area contributed by atoms with Gasteiger partial charge >= 0.3 is 5.97 Å². The van der Waals surface area contributed by atoms with E-state index in [9.17, 15) is 9.59 Å². The lowest BCUT2D eigenvalue weighted by Crippen LogP contribution is -2.47. The molecule has 1 aliphatic heterocycles. The zero-order chi connectivity index (χ0) is 14.7. The molecule has 5 heteroatoms. The van der Waals surface area contributed by atoms with Crippen molar-refractivity contribution < 1.29 is 14.7 Å². The van der Waals surface area contributed by atoms with E-state index in [2.05, 4.69) is 13.8 Å². The van der Waals surface area contributed by atoms with Crippen molar-refractivity contribution in [3.8, 4) is 0 Å². The van der Waals surface area contributed by atoms with Gasteiger partial charge in [-0.1, -0.05) is 0 Å². The molecule has 108 valence electrons. The van der Waals surface area contributed by atoms with Crippen LogP contribution in [0.25, 0.3) is 6.08 Å². The summed E-state index contributed by atoms with van der Waals surface area (Å²) in [6.45, 7) is 4.18. The second-order valence-electron chi connectivity index (χ2n) is 5.25. The van der Waals surface area contributed by atoms with Crippen LogP contribution in [0.3, 0.4) is 0 Å². The van der Waals surface area contributed by atoms with Gasteiger partial charge in [0, 0.05) is 28.4 Å². The number of hydrogen-bond acceptors (Lipinski definition) is 3. The first kappa shape index (κ1) is 14.8. The molecule has 0 spiro atoms. The second-order valence-corrected chi connectivity index (χ2v) is 6.19. The summed E-state index contributed by atoms with van der Waals surface area (Å²) in [6, 6.07) is 2.30. The van der Waals surface area contributed by atoms with Crippen molar-refractivity contribution in [1.82, 2.24) is 4.90 Å². The summed E-state index contributed by atoms with van der Waals surface area (Å²) < 4.78 is 0. The number of carbonyl (C=O) groups excluding carboxylic acids is 1. The Morgan fingerprint density at radius 2 is 2.00 bits per heavy atom. The number of aliphatic carboxylic acids is 1. The van der Waals surface area contributed by atoms with Gasteiger partial charge in [0.2, 0.25) is 0 Å². The number of rotatable bonds is 3. The van der Waals surface area contributed by atoms with Gasteiger partial charge in [0.05, 0.1) is 5.56 Å². The van der Waals surface area contributed by atoms with Gasteiger partial charge in [-0.05, 0) is 45.3 Å². The molecule has 2 rings (SSSR count). The standard InChI is InChI=1S/C15H19NO3S/c1-10-4-3-5-11(2)16(10)15(19)12-8-13(20-9-12)6-7-14(17)18/h6-11H,3-5H2,1-2H3,(H,17,18). The summed E-state index contributed by atoms with van der Waals surface area (Å²) >= 11 is 1.39. The summed E-state index contributed by atoms with van der Waals surface area (Å²) in [5.74, 6) is -0.930. The topological polar surface area (TPSA) is 57.6 Å². The Balaban J connectivity index is 2.14. The lowest BCUT2D eigenvalue weighted by atomic mass is 9.97. The molecule has 0 aromatic carbocycles. The van der Waals surface area contributed by atoms with Crippen LogP contribution in [0.4, 0.5) is 0 Å². The minimum absolute atomic E-state index is 0.0518. The highest BCUT2D eigenvalue weighted by atomic mass is 32.1. The summed E-state index contributed by atoms with van der Waals surface area (Å²) in [5, 5.41) is 10.4. The quantitative estimate of drug-likeness (QED) is 0.870. The lowest BCUT2D eigenvalue weighted by molar-refractivity contribution is -0.131. The van der Waals surface area contributed by atoms with Gasteiger partial charge in [-0.25, -0.2) is 4.79 Å². The van der Waals surface area contributed by atoms with Crippen LogP contribution in [-0.2, 0) is 4.79 Å². The molecule has 2 atom stereocenters. The molecular formula is C15H19NO3S. The van der Waals surface area contributed by atoms with E-state index in [1.54, 1.807) is 11.4 Å². The van der Waals surface area contributed by atoms with Crippen molar-refractivity contribution >= 4 is 29.3 Å². The van der Waals surface area contributed by atoms with Crippen molar-refractivity contribution in [2.75, 3.05) is 0 Å². The van der Waals surface area contributed by atoms with Crippen molar-refractivity contribution in [2.24, 2.45) is 0 Å². The molecule has 1 saturated heterocycles. The van der Waals surface area contributed by atoms with Gasteiger partial charge in [0.15, 0.2) is 0 Å². The number of carboxylic acid groups (broad SMARTS) is 1. The molecule has 0 saturated carbocycles. The van der Waals surface area contributed by atoms with Crippen molar-refractivity contribution in [3.05, 3.63) is 28.0 Å². The first-order chi connectivity index (χ1) is 9.49. The summed E-state index contributed by atoms with van der Waals surface area (Å²) in [6.07, 6.45) is 5.87. The van der Waals surface area contributed by atoms with Gasteiger partial charge in [-0.3, -0.25) is 4.79 Å². The highest BCUT2D eigenvalue weighted by Gasteiger charge is 2.29. The van der Waals surface area contributed by atoms with E-state index < -0.39 is 5.97 Å². The van der Waals surface area contributed by atoms with Crippen molar-refractivity contribution in [2.45, 2.75) is 45.2 Å². The van der Waals surface area contributed by atoms with Crippen LogP contribution in [0.2, 0.25) is 0 Å². The third-order valence-corrected chi connectivity index (χ3v) is 4.58. The zero-order valence-electron chi connectivity index (χ0n) is 11.7. The van der Waals surface area contributed by atoms with Crippen LogP contribution in [0.5, 0.6) is 0 Å². The number of carboxylic acids is 1. The fourth-order valence-electron chi connectivity index (χ4n) is 2.68. The molecule has 2 unspecified atom stereocenters. The molecular weight excluding hydrogens is 274 g/mol. The third-order valence-electron chi connectivity index (χ3n) is 3.68. The number of thiophene rings is 1. The number of nitrogens with zero attached hydrogens (tertiary/aromatic N) is 1. The maximum Gasteiger partial charge on any atom is 0.328 e. The Morgan fingerprint density at radius 3 is 2.60 bits per heavy atom. The summed E-state index contributed by atoms with van der Waals surface area (Å²) in [4.78, 5) is 25.8. The molecule has 4 nitrogen and oxygen atoms in total. The molecule has 0 aliphatic carbocycles. The van der Waals surface area contributed by atoms with Gasteiger partial charge in [0.1, 0.15) is 0 Å². The highest BCUT2D eigenvalue weighted by Crippen LogP contribution is 2.26. The largest absolute Gasteiger partial charge is 0.478 e. The van der Waals surface area contributed by atoms with Crippen LogP contribution in [-0.4, -0.2) is 34.0 Å². The Kier molecular flexibility index (Phi) is 4.60. The van der Waals surface area contributed by atoms with Gasteiger partial charge in [-0.2, -0.15) is 0 Å². The Bertz CT molecular complexity index is 525. The van der Waals surface area contributed by atoms with E-state index >= 15 is 0 Å². The van der Waals surface area contributed by atoms with E-state index in [1.165, 1.54) is 23.8 Å². The maximum absolute atomic E-state index is 12.6. The first-order valence-corrected chi connectivity index (χ1v) is 7.69. The highest BCUT2D eigenvalue weighted by molar-refractivity contribution is 7.11. The van der Waals surface area contributed by atoms with Crippen molar-refractivity contribution in [3.63, 3.8) is 0 Å². The minimum Gasteiger partial charge on any atom is -0.478 e. The van der Waals surface area contributed by atoms with E-state index in [0.717, 1.165) is 23.8 Å². The molecule has 1 N–H and O–H groups in total. The van der Waals surface area contributed by atoms with E-state index in [4.69, 9.17) is 5.11 Å². The van der Waals surface area contributed by atoms with Crippen LogP contribution < -0.4 is 0 Å². The molecule has 0 radical (unpaired) electrons. The Hall–Kier alpha value is -1.62. The first-order valence-electron chi connectivity index (χ1n) is 6.81. The fraction of sp³-hybridized carbons (Fsp3) is 0.467. The zero-order valence-corrected chi connectivity index (χ0v) is 12.5. The number of carbonyl (C=O) groups is 2. The molecule has 20 heavy (non-hydrogen) atoms. The minimum atomic E-state index is -0.982. The summed E-state index contributed by atoms with van der Waals surface area (Å²) in [5.41, 5.74) is 0.653. The normalized spacial score (nSPS) is 23.2. The van der Waals surface area contributed by atoms with Crippen LogP contribution in [0.15, 0.2) is 17.5 Å². The van der Waals surface area contributed by atoms with Crippen LogP contribution >= 0.6 is 11.3 Å². The molecule has 1 fully saturated rings. The third kappa shape index (κ3) is 3.28. The molecule has 2 heterocycles. The molecule has 1 amide bonds. The molecule has 1 aromatic heterocycles. The predicted octanol–water partition coefficient (Wildman–Crippen LogP) is 3.25. The average Bonchev–Trinajstić information content (AvgIpc) is 2.84. The monoisotopic (exact) mass is 293 g/mol. The Morgan fingerprint density at radius 1 is 1.35 bits per heavy atom. The fourth-order valence-corrected chi connectivity index (χ4v) is 3.45. The number of likely N-dealkylation sites (tertiary alicyclic amines) is 1. The Labute approximate surface area is 122 Å². The van der Waals surface area contributed by atoms with E-state index in [-0.39, 0.29) is 18.0 Å². The van der Waals surface area contributed by atoms with Crippen molar-refractivity contribution in [1.29, 1.82) is 0 Å². The lowest BCUT2D eigenvalue weighted by Gasteiger charge is -2.39. The molecule has 0 bridgehead atoms. The maximum atomic E-state index is 12.6. The molecule has 1 aliphatic rings. The van der Waals surface area contributed by atoms with E-state index in [1.807, 2.05) is 4.90 Å².